The molecule has 0 rings (SSSR count). The maximum atomic E-state index is 11.9. The van der Waals surface area contributed by atoms with Crippen LogP contribution in [0.5, 0.6) is 0 Å². The van der Waals surface area contributed by atoms with Crippen molar-refractivity contribution in [1.82, 2.24) is 10.4 Å². The van der Waals surface area contributed by atoms with Crippen LogP contribution in [0, 0.1) is 0 Å². The number of ether oxygens (including phenoxy) is 2. The maximum Gasteiger partial charge on any atom is 0.433 e. The zero-order chi connectivity index (χ0) is 15.9. The number of nitrogens with zero attached hydrogens (tertiary/aromatic N) is 1. The molecule has 114 valence electrons. The van der Waals surface area contributed by atoms with E-state index in [2.05, 4.69) is 12.0 Å². The summed E-state index contributed by atoms with van der Waals surface area (Å²) < 4.78 is 9.79. The standard InChI is InChI=1S/C13H22N2O5/c1-7-11(16)10(6)15(13(18)20-9(4)5)14-12(17)19-8(2)3/h8-9H,6-7H2,1-5H3,(H,14,17). The number of hydrazine groups is 1. The molecule has 0 saturated heterocycles. The molecule has 0 heterocycles. The summed E-state index contributed by atoms with van der Waals surface area (Å²) in [6.07, 6.45) is -2.39. The third kappa shape index (κ3) is 6.21. The van der Waals surface area contributed by atoms with Gasteiger partial charge in [-0.3, -0.25) is 4.79 Å². The zero-order valence-corrected chi connectivity index (χ0v) is 12.6. The lowest BCUT2D eigenvalue weighted by Crippen LogP contribution is -2.48. The van der Waals surface area contributed by atoms with Gasteiger partial charge in [0, 0.05) is 6.42 Å². The second-order valence-corrected chi connectivity index (χ2v) is 4.56. The molecule has 0 atom stereocenters. The van der Waals surface area contributed by atoms with E-state index in [0.29, 0.717) is 5.01 Å². The van der Waals surface area contributed by atoms with Crippen LogP contribution in [-0.4, -0.2) is 35.2 Å². The fourth-order valence-corrected chi connectivity index (χ4v) is 1.14. The first-order valence-corrected chi connectivity index (χ1v) is 6.39. The third-order valence-electron chi connectivity index (χ3n) is 1.98. The Bertz CT molecular complexity index is 390. The van der Waals surface area contributed by atoms with E-state index in [9.17, 15) is 14.4 Å². The van der Waals surface area contributed by atoms with Crippen LogP contribution in [0.4, 0.5) is 9.59 Å². The molecule has 0 aromatic rings. The molecule has 2 amide bonds. The predicted octanol–water partition coefficient (Wildman–Crippen LogP) is 2.38. The van der Waals surface area contributed by atoms with Gasteiger partial charge >= 0.3 is 12.2 Å². The summed E-state index contributed by atoms with van der Waals surface area (Å²) in [6.45, 7) is 11.7. The van der Waals surface area contributed by atoms with Gasteiger partial charge in [0.25, 0.3) is 0 Å². The molecule has 0 aliphatic rings. The summed E-state index contributed by atoms with van der Waals surface area (Å²) in [6, 6.07) is 0. The third-order valence-corrected chi connectivity index (χ3v) is 1.98. The average molecular weight is 286 g/mol. The molecule has 20 heavy (non-hydrogen) atoms. The molecule has 0 aromatic carbocycles. The molecule has 0 aliphatic carbocycles. The second kappa shape index (κ2) is 8.19. The molecular weight excluding hydrogens is 264 g/mol. The van der Waals surface area contributed by atoms with Crippen LogP contribution in [0.3, 0.4) is 0 Å². The monoisotopic (exact) mass is 286 g/mol. The molecule has 7 nitrogen and oxygen atoms in total. The van der Waals surface area contributed by atoms with Gasteiger partial charge in [0.2, 0.25) is 0 Å². The molecule has 7 heteroatoms. The number of ketones is 1. The largest absolute Gasteiger partial charge is 0.446 e. The van der Waals surface area contributed by atoms with Gasteiger partial charge in [-0.25, -0.2) is 15.0 Å². The summed E-state index contributed by atoms with van der Waals surface area (Å²) in [7, 11) is 0. The van der Waals surface area contributed by atoms with Crippen molar-refractivity contribution in [2.45, 2.75) is 53.2 Å². The second-order valence-electron chi connectivity index (χ2n) is 4.56. The first-order chi connectivity index (χ1) is 9.18. The highest BCUT2D eigenvalue weighted by Gasteiger charge is 2.26. The Morgan fingerprint density at radius 1 is 1.10 bits per heavy atom. The molecule has 0 aromatic heterocycles. The number of hydrogen-bond donors (Lipinski definition) is 1. The van der Waals surface area contributed by atoms with Crippen molar-refractivity contribution in [3.63, 3.8) is 0 Å². The minimum absolute atomic E-state index is 0.144. The predicted molar refractivity (Wildman–Crippen MR) is 72.6 cm³/mol. The number of amides is 2. The van der Waals surface area contributed by atoms with Crippen LogP contribution in [0.25, 0.3) is 0 Å². The van der Waals surface area contributed by atoms with Gasteiger partial charge in [0.15, 0.2) is 5.78 Å². The number of carbonyl (C=O) groups is 3. The normalized spacial score (nSPS) is 10.2. The number of nitrogens with one attached hydrogen (secondary N) is 1. The lowest BCUT2D eigenvalue weighted by Gasteiger charge is -2.24. The van der Waals surface area contributed by atoms with Gasteiger partial charge in [-0.15, -0.1) is 0 Å². The molecule has 0 saturated carbocycles. The Kier molecular flexibility index (Phi) is 7.35. The van der Waals surface area contributed by atoms with Crippen molar-refractivity contribution in [1.29, 1.82) is 0 Å². The average Bonchev–Trinajstić information content (AvgIpc) is 2.32. The fourth-order valence-electron chi connectivity index (χ4n) is 1.14. The van der Waals surface area contributed by atoms with Crippen molar-refractivity contribution in [3.8, 4) is 0 Å². The van der Waals surface area contributed by atoms with Crippen LogP contribution >= 0.6 is 0 Å². The first-order valence-electron chi connectivity index (χ1n) is 6.39. The van der Waals surface area contributed by atoms with Crippen LogP contribution in [0.15, 0.2) is 12.3 Å². The number of rotatable bonds is 5. The highest BCUT2D eigenvalue weighted by atomic mass is 16.6. The van der Waals surface area contributed by atoms with E-state index < -0.39 is 24.1 Å². The molecule has 1 N–H and O–H groups in total. The number of carbonyl (C=O) groups excluding carboxylic acids is 3. The summed E-state index contributed by atoms with van der Waals surface area (Å²) in [4.78, 5) is 35.0. The van der Waals surface area contributed by atoms with Gasteiger partial charge in [0.05, 0.1) is 12.2 Å². The fraction of sp³-hybridized carbons (Fsp3) is 0.615. The zero-order valence-electron chi connectivity index (χ0n) is 12.6. The van der Waals surface area contributed by atoms with E-state index in [0.717, 1.165) is 0 Å². The van der Waals surface area contributed by atoms with Crippen LogP contribution < -0.4 is 5.43 Å². The van der Waals surface area contributed by atoms with Gasteiger partial charge in [-0.05, 0) is 27.7 Å². The summed E-state index contributed by atoms with van der Waals surface area (Å²) in [5.41, 5.74) is 1.96. The molecule has 0 aliphatic heterocycles. The van der Waals surface area contributed by atoms with Crippen molar-refractivity contribution in [3.05, 3.63) is 12.3 Å². The van der Waals surface area contributed by atoms with Crippen LogP contribution in [0.1, 0.15) is 41.0 Å². The van der Waals surface area contributed by atoms with Gasteiger partial charge in [0.1, 0.15) is 5.70 Å². The van der Waals surface area contributed by atoms with Crippen molar-refractivity contribution in [2.75, 3.05) is 0 Å². The van der Waals surface area contributed by atoms with E-state index in [4.69, 9.17) is 9.47 Å². The van der Waals surface area contributed by atoms with E-state index >= 15 is 0 Å². The van der Waals surface area contributed by atoms with E-state index in [1.165, 1.54) is 0 Å². The lowest BCUT2D eigenvalue weighted by atomic mass is 10.2. The SMILES string of the molecule is C=C(C(=O)CC)N(NC(=O)OC(C)C)C(=O)OC(C)C. The van der Waals surface area contributed by atoms with Crippen molar-refractivity contribution < 1.29 is 23.9 Å². The molecule has 0 fully saturated rings. The lowest BCUT2D eigenvalue weighted by molar-refractivity contribution is -0.117. The summed E-state index contributed by atoms with van der Waals surface area (Å²) >= 11 is 0. The van der Waals surface area contributed by atoms with Gasteiger partial charge in [-0.1, -0.05) is 13.5 Å². The van der Waals surface area contributed by atoms with Gasteiger partial charge in [-0.2, -0.15) is 5.01 Å². The Labute approximate surface area is 118 Å². The topological polar surface area (TPSA) is 84.9 Å². The highest BCUT2D eigenvalue weighted by Crippen LogP contribution is 2.07. The van der Waals surface area contributed by atoms with E-state index in [-0.39, 0.29) is 18.2 Å². The first kappa shape index (κ1) is 17.9. The number of hydrogen-bond acceptors (Lipinski definition) is 5. The Morgan fingerprint density at radius 2 is 1.60 bits per heavy atom. The molecule has 0 radical (unpaired) electrons. The van der Waals surface area contributed by atoms with Crippen molar-refractivity contribution >= 4 is 18.0 Å². The van der Waals surface area contributed by atoms with Crippen LogP contribution in [0.2, 0.25) is 0 Å². The molecule has 0 spiro atoms. The minimum atomic E-state index is -0.896. The Balaban J connectivity index is 4.97. The van der Waals surface area contributed by atoms with Crippen molar-refractivity contribution in [2.24, 2.45) is 0 Å². The van der Waals surface area contributed by atoms with Gasteiger partial charge < -0.3 is 9.47 Å². The summed E-state index contributed by atoms with van der Waals surface area (Å²) in [5.74, 6) is -0.393. The Hall–Kier alpha value is -2.05. The Morgan fingerprint density at radius 3 is 2.00 bits per heavy atom. The number of allylic oxidation sites excluding steroid dienone is 1. The smallest absolute Gasteiger partial charge is 0.433 e. The van der Waals surface area contributed by atoms with E-state index in [1.807, 2.05) is 0 Å². The minimum Gasteiger partial charge on any atom is -0.446 e. The summed E-state index contributed by atoms with van der Waals surface area (Å²) in [5, 5.41) is 0.663. The maximum absolute atomic E-state index is 11.9. The highest BCUT2D eigenvalue weighted by molar-refractivity contribution is 5.97. The molecule has 0 unspecified atom stereocenters. The molecule has 0 bridgehead atoms. The van der Waals surface area contributed by atoms with Crippen LogP contribution in [-0.2, 0) is 14.3 Å². The van der Waals surface area contributed by atoms with E-state index in [1.54, 1.807) is 34.6 Å². The quantitative estimate of drug-likeness (QED) is 0.619. The molecular formula is C13H22N2O5. The number of Topliss-reactive ketones (excluding diaryl/α,β-unsaturated/α-hetero) is 1.